The molecule has 124 valence electrons. The summed E-state index contributed by atoms with van der Waals surface area (Å²) in [6, 6.07) is 3.14. The number of carbonyl (C=O) groups excluding carboxylic acids is 3. The molecule has 0 N–H and O–H groups in total. The molecule has 8 nitrogen and oxygen atoms in total. The number of hydrogen-bond donors (Lipinski definition) is 0. The van der Waals surface area contributed by atoms with E-state index in [0.717, 1.165) is 18.2 Å². The number of halogens is 1. The van der Waals surface area contributed by atoms with Gasteiger partial charge in [-0.2, -0.15) is 0 Å². The average molecular weight is 344 g/mol. The van der Waals surface area contributed by atoms with Gasteiger partial charge in [-0.3, -0.25) is 24.5 Å². The first-order valence-corrected chi connectivity index (χ1v) is 7.02. The van der Waals surface area contributed by atoms with Gasteiger partial charge in [-0.05, 0) is 19.9 Å². The summed E-state index contributed by atoms with van der Waals surface area (Å²) in [6.07, 6.45) is 0. The van der Waals surface area contributed by atoms with Gasteiger partial charge in [0, 0.05) is 17.7 Å². The number of nitrogens with zero attached hydrogens (tertiary/aromatic N) is 1. The Morgan fingerprint density at radius 2 is 1.70 bits per heavy atom. The summed E-state index contributed by atoms with van der Waals surface area (Å²) in [6.45, 7) is 2.91. The van der Waals surface area contributed by atoms with E-state index in [4.69, 9.17) is 21.1 Å². The van der Waals surface area contributed by atoms with Crippen LogP contribution in [-0.2, 0) is 19.1 Å². The lowest BCUT2D eigenvalue weighted by atomic mass is 9.97. The van der Waals surface area contributed by atoms with Crippen LogP contribution in [0.4, 0.5) is 5.69 Å². The number of ether oxygens (including phenoxy) is 2. The molecule has 0 bridgehead atoms. The zero-order valence-corrected chi connectivity index (χ0v) is 13.2. The summed E-state index contributed by atoms with van der Waals surface area (Å²) in [4.78, 5) is 46.3. The summed E-state index contributed by atoms with van der Waals surface area (Å²) in [5, 5.41) is 10.7. The first-order chi connectivity index (χ1) is 10.8. The molecule has 0 unspecified atom stereocenters. The van der Waals surface area contributed by atoms with Gasteiger partial charge in [-0.15, -0.1) is 0 Å². The number of hydrogen-bond acceptors (Lipinski definition) is 7. The number of nitro groups is 1. The normalized spacial score (nSPS) is 10.3. The third-order valence-electron chi connectivity index (χ3n) is 2.73. The topological polar surface area (TPSA) is 113 Å². The lowest BCUT2D eigenvalue weighted by Gasteiger charge is -2.14. The van der Waals surface area contributed by atoms with Gasteiger partial charge in [0.15, 0.2) is 5.78 Å². The second kappa shape index (κ2) is 8.23. The molecule has 0 atom stereocenters. The van der Waals surface area contributed by atoms with Gasteiger partial charge >= 0.3 is 11.9 Å². The van der Waals surface area contributed by atoms with E-state index in [-0.39, 0.29) is 23.8 Å². The minimum absolute atomic E-state index is 0.0509. The van der Waals surface area contributed by atoms with Crippen molar-refractivity contribution in [1.82, 2.24) is 0 Å². The molecule has 0 fully saturated rings. The third kappa shape index (κ3) is 4.49. The van der Waals surface area contributed by atoms with Crippen molar-refractivity contribution < 1.29 is 28.8 Å². The summed E-state index contributed by atoms with van der Waals surface area (Å²) in [5.74, 6) is -5.10. The van der Waals surface area contributed by atoms with Crippen LogP contribution in [0.3, 0.4) is 0 Å². The predicted octanol–water partition coefficient (Wildman–Crippen LogP) is 2.17. The SMILES string of the molecule is CCOC(=O)C(C(=O)OCC)C(=O)c1cc([N+](=O)[O-])ccc1Cl. The highest BCUT2D eigenvalue weighted by atomic mass is 35.5. The maximum Gasteiger partial charge on any atom is 0.328 e. The first kappa shape index (κ1) is 18.6. The molecule has 0 saturated carbocycles. The van der Waals surface area contributed by atoms with Gasteiger partial charge in [0.05, 0.1) is 23.2 Å². The molecule has 1 rings (SSSR count). The molecule has 0 amide bonds. The van der Waals surface area contributed by atoms with Crippen LogP contribution in [0.1, 0.15) is 24.2 Å². The van der Waals surface area contributed by atoms with Crippen LogP contribution in [0.15, 0.2) is 18.2 Å². The number of carbonyl (C=O) groups is 3. The first-order valence-electron chi connectivity index (χ1n) is 6.64. The zero-order chi connectivity index (χ0) is 17.6. The fourth-order valence-corrected chi connectivity index (χ4v) is 1.94. The minimum atomic E-state index is -1.88. The smallest absolute Gasteiger partial charge is 0.328 e. The highest BCUT2D eigenvalue weighted by Crippen LogP contribution is 2.25. The van der Waals surface area contributed by atoms with Crippen LogP contribution < -0.4 is 0 Å². The van der Waals surface area contributed by atoms with Gasteiger partial charge in [0.1, 0.15) is 0 Å². The van der Waals surface area contributed by atoms with Crippen molar-refractivity contribution in [3.05, 3.63) is 38.9 Å². The van der Waals surface area contributed by atoms with E-state index in [9.17, 15) is 24.5 Å². The van der Waals surface area contributed by atoms with Gasteiger partial charge in [0.2, 0.25) is 5.92 Å². The van der Waals surface area contributed by atoms with Gasteiger partial charge in [-0.1, -0.05) is 11.6 Å². The number of nitro benzene ring substituents is 1. The van der Waals surface area contributed by atoms with Crippen LogP contribution in [-0.4, -0.2) is 35.9 Å². The molecule has 1 aromatic carbocycles. The minimum Gasteiger partial charge on any atom is -0.465 e. The van der Waals surface area contributed by atoms with Gasteiger partial charge in [0.25, 0.3) is 5.69 Å². The molecule has 23 heavy (non-hydrogen) atoms. The van der Waals surface area contributed by atoms with Crippen LogP contribution >= 0.6 is 11.6 Å². The molecular formula is C14H14ClNO7. The second-order valence-electron chi connectivity index (χ2n) is 4.22. The maximum absolute atomic E-state index is 12.5. The average Bonchev–Trinajstić information content (AvgIpc) is 2.48. The molecule has 0 aliphatic rings. The molecule has 9 heteroatoms. The summed E-state index contributed by atoms with van der Waals surface area (Å²) in [7, 11) is 0. The summed E-state index contributed by atoms with van der Waals surface area (Å²) in [5.41, 5.74) is -0.726. The van der Waals surface area contributed by atoms with Crippen molar-refractivity contribution in [3.63, 3.8) is 0 Å². The highest BCUT2D eigenvalue weighted by Gasteiger charge is 2.38. The van der Waals surface area contributed by atoms with E-state index < -0.39 is 34.3 Å². The van der Waals surface area contributed by atoms with Crippen LogP contribution in [0.5, 0.6) is 0 Å². The number of ketones is 1. The van der Waals surface area contributed by atoms with Gasteiger partial charge in [-0.25, -0.2) is 0 Å². The Morgan fingerprint density at radius 1 is 1.17 bits per heavy atom. The molecule has 1 aromatic rings. The largest absolute Gasteiger partial charge is 0.465 e. The Kier molecular flexibility index (Phi) is 6.65. The van der Waals surface area contributed by atoms with E-state index in [1.54, 1.807) is 0 Å². The molecule has 0 spiro atoms. The van der Waals surface area contributed by atoms with Crippen LogP contribution in [0, 0.1) is 16.0 Å². The second-order valence-corrected chi connectivity index (χ2v) is 4.63. The molecule has 0 saturated heterocycles. The Hall–Kier alpha value is -2.48. The predicted molar refractivity (Wildman–Crippen MR) is 79.2 cm³/mol. The highest BCUT2D eigenvalue weighted by molar-refractivity contribution is 6.35. The van der Waals surface area contributed by atoms with Crippen molar-refractivity contribution in [2.45, 2.75) is 13.8 Å². The Morgan fingerprint density at radius 3 is 2.13 bits per heavy atom. The van der Waals surface area contributed by atoms with E-state index >= 15 is 0 Å². The van der Waals surface area contributed by atoms with Crippen LogP contribution in [0.25, 0.3) is 0 Å². The molecular weight excluding hydrogens is 330 g/mol. The lowest BCUT2D eigenvalue weighted by Crippen LogP contribution is -2.35. The number of benzene rings is 1. The van der Waals surface area contributed by atoms with Crippen molar-refractivity contribution in [1.29, 1.82) is 0 Å². The monoisotopic (exact) mass is 343 g/mol. The standard InChI is InChI=1S/C14H14ClNO7/c1-3-22-13(18)11(14(19)23-4-2)12(17)9-7-8(16(20)21)5-6-10(9)15/h5-7,11H,3-4H2,1-2H3. The molecule has 0 aromatic heterocycles. The Bertz CT molecular complexity index is 626. The summed E-state index contributed by atoms with van der Waals surface area (Å²) < 4.78 is 9.39. The number of esters is 2. The fourth-order valence-electron chi connectivity index (χ4n) is 1.73. The molecule has 0 aliphatic heterocycles. The Balaban J connectivity index is 3.28. The van der Waals surface area contributed by atoms with Crippen molar-refractivity contribution in [3.8, 4) is 0 Å². The molecule has 0 heterocycles. The lowest BCUT2D eigenvalue weighted by molar-refractivity contribution is -0.384. The van der Waals surface area contributed by atoms with Crippen LogP contribution in [0.2, 0.25) is 5.02 Å². The van der Waals surface area contributed by atoms with E-state index in [2.05, 4.69) is 0 Å². The van der Waals surface area contributed by atoms with E-state index in [1.807, 2.05) is 0 Å². The fraction of sp³-hybridized carbons (Fsp3) is 0.357. The number of non-ortho nitro benzene ring substituents is 1. The van der Waals surface area contributed by atoms with Gasteiger partial charge < -0.3 is 9.47 Å². The summed E-state index contributed by atoms with van der Waals surface area (Å²) >= 11 is 5.86. The van der Waals surface area contributed by atoms with Crippen molar-refractivity contribution in [2.75, 3.05) is 13.2 Å². The molecule has 0 aliphatic carbocycles. The maximum atomic E-state index is 12.5. The third-order valence-corrected chi connectivity index (χ3v) is 3.06. The Labute approximate surface area is 136 Å². The van der Waals surface area contributed by atoms with Crippen molar-refractivity contribution >= 4 is 35.0 Å². The van der Waals surface area contributed by atoms with E-state index in [0.29, 0.717) is 0 Å². The van der Waals surface area contributed by atoms with Crippen molar-refractivity contribution in [2.24, 2.45) is 5.92 Å². The number of Topliss-reactive ketones (excluding diaryl/α,β-unsaturated/α-hetero) is 1. The quantitative estimate of drug-likeness (QED) is 0.245. The molecule has 0 radical (unpaired) electrons. The zero-order valence-electron chi connectivity index (χ0n) is 12.4. The van der Waals surface area contributed by atoms with E-state index in [1.165, 1.54) is 13.8 Å². The number of rotatable bonds is 7.